The summed E-state index contributed by atoms with van der Waals surface area (Å²) >= 11 is 0. The molecule has 0 aromatic rings. The predicted octanol–water partition coefficient (Wildman–Crippen LogP) is 0.125. The maximum atomic E-state index is 9.23. The summed E-state index contributed by atoms with van der Waals surface area (Å²) in [6.45, 7) is 6.81. The van der Waals surface area contributed by atoms with E-state index in [1.165, 1.54) is 25.8 Å². The molecule has 0 radical (unpaired) electrons. The fourth-order valence-corrected chi connectivity index (χ4v) is 3.17. The lowest BCUT2D eigenvalue weighted by Gasteiger charge is -2.30. The van der Waals surface area contributed by atoms with Crippen molar-refractivity contribution in [1.29, 1.82) is 0 Å². The lowest BCUT2D eigenvalue weighted by Crippen LogP contribution is -2.45. The van der Waals surface area contributed by atoms with E-state index in [4.69, 9.17) is 0 Å². The van der Waals surface area contributed by atoms with E-state index in [0.29, 0.717) is 18.1 Å². The van der Waals surface area contributed by atoms with Gasteiger partial charge in [0.1, 0.15) is 0 Å². The largest absolute Gasteiger partial charge is 0.395 e. The van der Waals surface area contributed by atoms with Gasteiger partial charge in [-0.15, -0.1) is 0 Å². The molecule has 2 rings (SSSR count). The van der Waals surface area contributed by atoms with Gasteiger partial charge in [-0.05, 0) is 39.8 Å². The van der Waals surface area contributed by atoms with Gasteiger partial charge in [0, 0.05) is 37.8 Å². The molecule has 2 fully saturated rings. The van der Waals surface area contributed by atoms with Crippen molar-refractivity contribution in [2.24, 2.45) is 0 Å². The van der Waals surface area contributed by atoms with Crippen LogP contribution in [0.1, 0.15) is 26.2 Å². The van der Waals surface area contributed by atoms with Crippen LogP contribution in [0.2, 0.25) is 0 Å². The third kappa shape index (κ3) is 3.41. The maximum Gasteiger partial charge on any atom is 0.0558 e. The van der Waals surface area contributed by atoms with Crippen molar-refractivity contribution in [1.82, 2.24) is 15.1 Å². The summed E-state index contributed by atoms with van der Waals surface area (Å²) in [5, 5.41) is 12.8. The van der Waals surface area contributed by atoms with Gasteiger partial charge in [0.05, 0.1) is 6.61 Å². The van der Waals surface area contributed by atoms with E-state index in [0.717, 1.165) is 19.6 Å². The molecule has 0 spiro atoms. The Hall–Kier alpha value is -0.160. The highest BCUT2D eigenvalue weighted by Gasteiger charge is 2.31. The lowest BCUT2D eigenvalue weighted by molar-refractivity contribution is 0.142. The van der Waals surface area contributed by atoms with Crippen LogP contribution in [-0.2, 0) is 0 Å². The van der Waals surface area contributed by atoms with Crippen LogP contribution in [0.4, 0.5) is 0 Å². The fraction of sp³-hybridized carbons (Fsp3) is 1.00. The van der Waals surface area contributed by atoms with Crippen molar-refractivity contribution in [3.8, 4) is 0 Å². The monoisotopic (exact) mass is 241 g/mol. The summed E-state index contributed by atoms with van der Waals surface area (Å²) in [7, 11) is 2.20. The van der Waals surface area contributed by atoms with Gasteiger partial charge in [0.15, 0.2) is 0 Å². The molecule has 0 amide bonds. The molecule has 2 saturated heterocycles. The Morgan fingerprint density at radius 3 is 2.82 bits per heavy atom. The van der Waals surface area contributed by atoms with Crippen LogP contribution in [0, 0.1) is 0 Å². The molecule has 0 aromatic heterocycles. The van der Waals surface area contributed by atoms with E-state index >= 15 is 0 Å². The van der Waals surface area contributed by atoms with Gasteiger partial charge < -0.3 is 15.3 Å². The molecule has 2 heterocycles. The van der Waals surface area contributed by atoms with E-state index in [1.54, 1.807) is 0 Å². The number of hydrogen-bond donors (Lipinski definition) is 2. The SMILES string of the molecule is CC1CC(N(CCO)CC2CCCN2)CN1C. The first-order valence-corrected chi connectivity index (χ1v) is 6.99. The quantitative estimate of drug-likeness (QED) is 0.717. The molecular formula is C13H27N3O. The number of hydrogen-bond acceptors (Lipinski definition) is 4. The molecule has 0 aromatic carbocycles. The molecule has 4 nitrogen and oxygen atoms in total. The van der Waals surface area contributed by atoms with Gasteiger partial charge in [-0.2, -0.15) is 0 Å². The fourth-order valence-electron chi connectivity index (χ4n) is 3.17. The third-order valence-electron chi connectivity index (χ3n) is 4.39. The van der Waals surface area contributed by atoms with Crippen molar-refractivity contribution < 1.29 is 5.11 Å². The third-order valence-corrected chi connectivity index (χ3v) is 4.39. The Morgan fingerprint density at radius 1 is 1.47 bits per heavy atom. The number of aliphatic hydroxyl groups excluding tert-OH is 1. The van der Waals surface area contributed by atoms with Crippen LogP contribution in [0.25, 0.3) is 0 Å². The molecule has 4 heteroatoms. The molecule has 0 bridgehead atoms. The van der Waals surface area contributed by atoms with Crippen LogP contribution in [-0.4, -0.2) is 72.9 Å². The van der Waals surface area contributed by atoms with Crippen LogP contribution in [0.3, 0.4) is 0 Å². The van der Waals surface area contributed by atoms with E-state index in [-0.39, 0.29) is 6.61 Å². The topological polar surface area (TPSA) is 38.7 Å². The highest BCUT2D eigenvalue weighted by molar-refractivity contribution is 4.89. The second-order valence-electron chi connectivity index (χ2n) is 5.69. The number of nitrogens with one attached hydrogen (secondary N) is 1. The second-order valence-corrected chi connectivity index (χ2v) is 5.69. The molecule has 2 aliphatic rings. The minimum atomic E-state index is 0.279. The van der Waals surface area contributed by atoms with E-state index < -0.39 is 0 Å². The van der Waals surface area contributed by atoms with E-state index in [2.05, 4.69) is 29.1 Å². The van der Waals surface area contributed by atoms with Gasteiger partial charge in [0.2, 0.25) is 0 Å². The predicted molar refractivity (Wildman–Crippen MR) is 70.2 cm³/mol. The maximum absolute atomic E-state index is 9.23. The summed E-state index contributed by atoms with van der Waals surface area (Å²) in [5.41, 5.74) is 0. The number of likely N-dealkylation sites (tertiary alicyclic amines) is 1. The first-order valence-electron chi connectivity index (χ1n) is 6.99. The van der Waals surface area contributed by atoms with E-state index in [1.807, 2.05) is 0 Å². The number of likely N-dealkylation sites (N-methyl/N-ethyl adjacent to an activating group) is 1. The van der Waals surface area contributed by atoms with Crippen LogP contribution in [0.15, 0.2) is 0 Å². The smallest absolute Gasteiger partial charge is 0.0558 e. The van der Waals surface area contributed by atoms with Crippen LogP contribution < -0.4 is 5.32 Å². The zero-order valence-electron chi connectivity index (χ0n) is 11.2. The van der Waals surface area contributed by atoms with Crippen molar-refractivity contribution in [2.45, 2.75) is 44.3 Å². The molecule has 0 aliphatic carbocycles. The van der Waals surface area contributed by atoms with Gasteiger partial charge in [0.25, 0.3) is 0 Å². The Kier molecular flexibility index (Phi) is 4.79. The first kappa shape index (κ1) is 13.3. The molecular weight excluding hydrogens is 214 g/mol. The normalized spacial score (nSPS) is 34.9. The standard InChI is InChI=1S/C13H27N3O/c1-11-8-13(10-15(11)2)16(6-7-17)9-12-4-3-5-14-12/h11-14,17H,3-10H2,1-2H3. The number of rotatable bonds is 5. The highest BCUT2D eigenvalue weighted by Crippen LogP contribution is 2.21. The number of nitrogens with zero attached hydrogens (tertiary/aromatic N) is 2. The minimum Gasteiger partial charge on any atom is -0.395 e. The summed E-state index contributed by atoms with van der Waals surface area (Å²) < 4.78 is 0. The Bertz CT molecular complexity index is 221. The van der Waals surface area contributed by atoms with Gasteiger partial charge in [-0.1, -0.05) is 0 Å². The summed E-state index contributed by atoms with van der Waals surface area (Å²) in [6, 6.07) is 1.95. The van der Waals surface area contributed by atoms with Crippen molar-refractivity contribution in [2.75, 3.05) is 39.8 Å². The van der Waals surface area contributed by atoms with Gasteiger partial charge in [-0.25, -0.2) is 0 Å². The molecule has 2 aliphatic heterocycles. The Labute approximate surface area is 105 Å². The molecule has 3 atom stereocenters. The lowest BCUT2D eigenvalue weighted by atomic mass is 10.1. The van der Waals surface area contributed by atoms with Crippen LogP contribution >= 0.6 is 0 Å². The molecule has 2 N–H and O–H groups in total. The highest BCUT2D eigenvalue weighted by atomic mass is 16.3. The zero-order chi connectivity index (χ0) is 12.3. The minimum absolute atomic E-state index is 0.279. The molecule has 100 valence electrons. The summed E-state index contributed by atoms with van der Waals surface area (Å²) in [6.07, 6.45) is 3.84. The Balaban J connectivity index is 1.87. The average Bonchev–Trinajstić information content (AvgIpc) is 2.90. The van der Waals surface area contributed by atoms with Crippen LogP contribution in [0.5, 0.6) is 0 Å². The zero-order valence-corrected chi connectivity index (χ0v) is 11.2. The molecule has 0 saturated carbocycles. The summed E-state index contributed by atoms with van der Waals surface area (Å²) in [5.74, 6) is 0. The van der Waals surface area contributed by atoms with Crippen molar-refractivity contribution in [3.05, 3.63) is 0 Å². The second kappa shape index (κ2) is 6.14. The summed E-state index contributed by atoms with van der Waals surface area (Å²) in [4.78, 5) is 4.92. The molecule has 3 unspecified atom stereocenters. The van der Waals surface area contributed by atoms with Crippen molar-refractivity contribution in [3.63, 3.8) is 0 Å². The average molecular weight is 241 g/mol. The Morgan fingerprint density at radius 2 is 2.29 bits per heavy atom. The van der Waals surface area contributed by atoms with Gasteiger partial charge in [-0.3, -0.25) is 4.90 Å². The van der Waals surface area contributed by atoms with Crippen molar-refractivity contribution >= 4 is 0 Å². The van der Waals surface area contributed by atoms with Gasteiger partial charge >= 0.3 is 0 Å². The first-order chi connectivity index (χ1) is 8.20. The number of aliphatic hydroxyl groups is 1. The molecule has 17 heavy (non-hydrogen) atoms. The van der Waals surface area contributed by atoms with E-state index in [9.17, 15) is 5.11 Å².